The van der Waals surface area contributed by atoms with Crippen LogP contribution in [0.3, 0.4) is 0 Å². The standard InChI is InChI=1S/C20H20N2S/c1-3-7-19-17(5-1)22(18-6-2-4-8-20(18)23-19)13-15-11-14-9-10-16(15)21-12-14/h1-8,13-14,16,21H,9-12H2/b15-13-. The fourth-order valence-corrected chi connectivity index (χ4v) is 5.13. The molecule has 3 heterocycles. The van der Waals surface area contributed by atoms with E-state index in [4.69, 9.17) is 0 Å². The molecule has 6 rings (SSSR count). The van der Waals surface area contributed by atoms with Crippen LogP contribution in [-0.4, -0.2) is 12.6 Å². The molecule has 3 aliphatic heterocycles. The molecule has 23 heavy (non-hydrogen) atoms. The number of hydrogen-bond acceptors (Lipinski definition) is 3. The Kier molecular flexibility index (Phi) is 3.24. The van der Waals surface area contributed by atoms with Gasteiger partial charge in [-0.25, -0.2) is 0 Å². The van der Waals surface area contributed by atoms with Gasteiger partial charge in [-0.15, -0.1) is 0 Å². The predicted molar refractivity (Wildman–Crippen MR) is 96.4 cm³/mol. The number of nitrogens with one attached hydrogen (secondary N) is 1. The summed E-state index contributed by atoms with van der Waals surface area (Å²) in [7, 11) is 0. The number of piperidine rings is 2. The van der Waals surface area contributed by atoms with Gasteiger partial charge in [0.25, 0.3) is 0 Å². The highest BCUT2D eigenvalue weighted by Gasteiger charge is 2.32. The maximum atomic E-state index is 3.71. The first kappa shape index (κ1) is 13.7. The van der Waals surface area contributed by atoms with Gasteiger partial charge in [0.2, 0.25) is 0 Å². The zero-order valence-corrected chi connectivity index (χ0v) is 13.9. The summed E-state index contributed by atoms with van der Waals surface area (Å²) in [6.45, 7) is 1.20. The molecule has 0 radical (unpaired) electrons. The Hall–Kier alpha value is -1.71. The molecule has 2 bridgehead atoms. The molecule has 0 amide bonds. The number of anilines is 2. The molecule has 1 N–H and O–H groups in total. The normalized spacial score (nSPS) is 27.0. The third kappa shape index (κ3) is 2.30. The molecule has 1 aliphatic carbocycles. The zero-order chi connectivity index (χ0) is 15.2. The van der Waals surface area contributed by atoms with Crippen molar-refractivity contribution in [3.05, 3.63) is 60.3 Å². The van der Waals surface area contributed by atoms with Gasteiger partial charge in [-0.3, -0.25) is 0 Å². The Labute approximate surface area is 141 Å². The van der Waals surface area contributed by atoms with Crippen LogP contribution < -0.4 is 10.2 Å². The van der Waals surface area contributed by atoms with E-state index in [0.29, 0.717) is 6.04 Å². The van der Waals surface area contributed by atoms with E-state index >= 15 is 0 Å². The van der Waals surface area contributed by atoms with E-state index in [1.807, 2.05) is 11.8 Å². The summed E-state index contributed by atoms with van der Waals surface area (Å²) in [4.78, 5) is 5.10. The lowest BCUT2D eigenvalue weighted by atomic mass is 9.78. The molecule has 2 saturated heterocycles. The molecule has 1 saturated carbocycles. The van der Waals surface area contributed by atoms with E-state index in [2.05, 4.69) is 64.9 Å². The Bertz CT molecular complexity index is 729. The van der Waals surface area contributed by atoms with Gasteiger partial charge < -0.3 is 10.2 Å². The third-order valence-electron chi connectivity index (χ3n) is 5.25. The monoisotopic (exact) mass is 320 g/mol. The average Bonchev–Trinajstić information content (AvgIpc) is 2.62. The van der Waals surface area contributed by atoms with Crippen molar-refractivity contribution in [1.82, 2.24) is 5.32 Å². The summed E-state index contributed by atoms with van der Waals surface area (Å²) < 4.78 is 0. The first-order chi connectivity index (χ1) is 11.4. The molecule has 3 fully saturated rings. The first-order valence-electron chi connectivity index (χ1n) is 8.47. The highest BCUT2D eigenvalue weighted by molar-refractivity contribution is 7.99. The minimum absolute atomic E-state index is 0.578. The van der Waals surface area contributed by atoms with Crippen LogP contribution in [-0.2, 0) is 0 Å². The second-order valence-electron chi connectivity index (χ2n) is 6.72. The smallest absolute Gasteiger partial charge is 0.0595 e. The quantitative estimate of drug-likeness (QED) is 0.801. The zero-order valence-electron chi connectivity index (χ0n) is 13.0. The molecule has 0 aromatic heterocycles. The van der Waals surface area contributed by atoms with Crippen molar-refractivity contribution < 1.29 is 0 Å². The van der Waals surface area contributed by atoms with Gasteiger partial charge in [0.15, 0.2) is 0 Å². The fourth-order valence-electron chi connectivity index (χ4n) is 4.06. The molecule has 116 valence electrons. The van der Waals surface area contributed by atoms with Gasteiger partial charge in [0.05, 0.1) is 11.4 Å². The molecular weight excluding hydrogens is 300 g/mol. The van der Waals surface area contributed by atoms with Gasteiger partial charge in [0, 0.05) is 22.0 Å². The largest absolute Gasteiger partial charge is 0.315 e. The van der Waals surface area contributed by atoms with Crippen LogP contribution in [0.4, 0.5) is 11.4 Å². The van der Waals surface area contributed by atoms with Crippen LogP contribution in [0.15, 0.2) is 70.1 Å². The van der Waals surface area contributed by atoms with Crippen molar-refractivity contribution in [2.75, 3.05) is 11.4 Å². The molecule has 2 nitrogen and oxygen atoms in total. The topological polar surface area (TPSA) is 15.3 Å². The van der Waals surface area contributed by atoms with Crippen molar-refractivity contribution in [3.63, 3.8) is 0 Å². The van der Waals surface area contributed by atoms with Crippen LogP contribution in [0.2, 0.25) is 0 Å². The third-order valence-corrected chi connectivity index (χ3v) is 6.38. The second kappa shape index (κ2) is 5.43. The van der Waals surface area contributed by atoms with E-state index in [0.717, 1.165) is 5.92 Å². The lowest BCUT2D eigenvalue weighted by molar-refractivity contribution is 0.273. The lowest BCUT2D eigenvalue weighted by Crippen LogP contribution is -2.46. The molecule has 2 unspecified atom stereocenters. The summed E-state index contributed by atoms with van der Waals surface area (Å²) in [6.07, 6.45) is 6.35. The summed E-state index contributed by atoms with van der Waals surface area (Å²) in [5, 5.41) is 3.71. The van der Waals surface area contributed by atoms with Gasteiger partial charge in [-0.05, 0) is 61.6 Å². The maximum absolute atomic E-state index is 3.71. The number of nitrogens with zero attached hydrogens (tertiary/aromatic N) is 1. The number of benzene rings is 2. The Morgan fingerprint density at radius 2 is 1.65 bits per heavy atom. The highest BCUT2D eigenvalue weighted by atomic mass is 32.2. The van der Waals surface area contributed by atoms with Crippen LogP contribution >= 0.6 is 11.8 Å². The summed E-state index contributed by atoms with van der Waals surface area (Å²) >= 11 is 1.88. The maximum Gasteiger partial charge on any atom is 0.0595 e. The van der Waals surface area contributed by atoms with E-state index in [1.54, 1.807) is 5.57 Å². The average molecular weight is 320 g/mol. The number of hydrogen-bond donors (Lipinski definition) is 1. The van der Waals surface area contributed by atoms with Crippen LogP contribution in [0.25, 0.3) is 0 Å². The van der Waals surface area contributed by atoms with Crippen molar-refractivity contribution in [1.29, 1.82) is 0 Å². The van der Waals surface area contributed by atoms with E-state index in [9.17, 15) is 0 Å². The number of rotatable bonds is 1. The summed E-state index contributed by atoms with van der Waals surface area (Å²) in [6, 6.07) is 18.1. The van der Waals surface area contributed by atoms with E-state index in [1.165, 1.54) is 47.0 Å². The number of fused-ring (bicyclic) bond motifs is 5. The second-order valence-corrected chi connectivity index (χ2v) is 7.80. The van der Waals surface area contributed by atoms with E-state index < -0.39 is 0 Å². The Morgan fingerprint density at radius 1 is 0.957 bits per heavy atom. The number of para-hydroxylation sites is 2. The molecule has 0 spiro atoms. The lowest BCUT2D eigenvalue weighted by Gasteiger charge is -2.40. The minimum atomic E-state index is 0.578. The van der Waals surface area contributed by atoms with Crippen molar-refractivity contribution in [3.8, 4) is 0 Å². The van der Waals surface area contributed by atoms with Gasteiger partial charge in [-0.2, -0.15) is 0 Å². The molecule has 4 aliphatic rings. The van der Waals surface area contributed by atoms with Crippen molar-refractivity contribution in [2.24, 2.45) is 5.92 Å². The summed E-state index contributed by atoms with van der Waals surface area (Å²) in [5.41, 5.74) is 4.19. The molecule has 2 aromatic rings. The van der Waals surface area contributed by atoms with Gasteiger partial charge in [0.1, 0.15) is 0 Å². The van der Waals surface area contributed by atoms with Gasteiger partial charge >= 0.3 is 0 Å². The molecule has 2 aromatic carbocycles. The minimum Gasteiger partial charge on any atom is -0.315 e. The van der Waals surface area contributed by atoms with Crippen LogP contribution in [0.5, 0.6) is 0 Å². The van der Waals surface area contributed by atoms with Gasteiger partial charge in [-0.1, -0.05) is 36.0 Å². The first-order valence-corrected chi connectivity index (χ1v) is 9.29. The highest BCUT2D eigenvalue weighted by Crippen LogP contribution is 2.48. The summed E-state index contributed by atoms with van der Waals surface area (Å²) in [5.74, 6) is 0.830. The Morgan fingerprint density at radius 3 is 2.22 bits per heavy atom. The van der Waals surface area contributed by atoms with E-state index in [-0.39, 0.29) is 0 Å². The molecule has 3 heteroatoms. The van der Waals surface area contributed by atoms with Crippen molar-refractivity contribution in [2.45, 2.75) is 35.1 Å². The molecular formula is C20H20N2S. The van der Waals surface area contributed by atoms with Crippen LogP contribution in [0.1, 0.15) is 19.3 Å². The SMILES string of the molecule is C(=C1\CC2CCC1NC2)/N1c2ccccc2Sc2ccccc21. The van der Waals surface area contributed by atoms with Crippen molar-refractivity contribution >= 4 is 23.1 Å². The predicted octanol–water partition coefficient (Wildman–Crippen LogP) is 4.95. The van der Waals surface area contributed by atoms with Crippen LogP contribution in [0, 0.1) is 5.92 Å². The fraction of sp³-hybridized carbons (Fsp3) is 0.300. The Balaban J connectivity index is 1.62. The molecule has 2 atom stereocenters.